The van der Waals surface area contributed by atoms with E-state index in [4.69, 9.17) is 4.74 Å². The van der Waals surface area contributed by atoms with Crippen molar-refractivity contribution in [2.45, 2.75) is 44.5 Å². The van der Waals surface area contributed by atoms with Crippen LogP contribution in [0, 0.1) is 17.6 Å². The van der Waals surface area contributed by atoms with Crippen LogP contribution in [0.5, 0.6) is 11.6 Å². The lowest BCUT2D eigenvalue weighted by Gasteiger charge is -2.28. The highest BCUT2D eigenvalue weighted by Crippen LogP contribution is 2.33. The summed E-state index contributed by atoms with van der Waals surface area (Å²) in [4.78, 5) is 20.1. The van der Waals surface area contributed by atoms with Gasteiger partial charge in [0, 0.05) is 29.8 Å². The molecule has 3 aromatic heterocycles. The minimum absolute atomic E-state index is 0.123. The van der Waals surface area contributed by atoms with Crippen LogP contribution in [0.3, 0.4) is 0 Å². The SMILES string of the molecule is O=C(NCC1CCC(n2cc3cc(OCc4cccc(C(F)(F)F)n4)ncc3n2)CC1)c1cc(F)c(O)c(F)c1. The number of phenolic OH excluding ortho intramolecular Hbond substituents is 1. The Balaban J connectivity index is 1.14. The van der Waals surface area contributed by atoms with Crippen LogP contribution in [-0.4, -0.2) is 37.3 Å². The number of pyridine rings is 2. The summed E-state index contributed by atoms with van der Waals surface area (Å²) < 4.78 is 73.1. The van der Waals surface area contributed by atoms with Crippen molar-refractivity contribution >= 4 is 16.8 Å². The zero-order valence-corrected chi connectivity index (χ0v) is 21.0. The number of benzene rings is 1. The Bertz CT molecular complexity index is 1510. The van der Waals surface area contributed by atoms with Crippen molar-refractivity contribution in [3.63, 3.8) is 0 Å². The first-order chi connectivity index (χ1) is 19.1. The number of ether oxygens (including phenoxy) is 1. The van der Waals surface area contributed by atoms with E-state index in [1.807, 2.05) is 10.9 Å². The maximum absolute atomic E-state index is 13.5. The molecule has 5 rings (SSSR count). The molecular formula is C27H24F5N5O3. The zero-order chi connectivity index (χ0) is 28.4. The van der Waals surface area contributed by atoms with Gasteiger partial charge >= 0.3 is 6.18 Å². The third-order valence-corrected chi connectivity index (χ3v) is 6.87. The van der Waals surface area contributed by atoms with Crippen LogP contribution >= 0.6 is 0 Å². The number of nitrogens with one attached hydrogen (secondary N) is 1. The van der Waals surface area contributed by atoms with E-state index >= 15 is 0 Å². The molecule has 0 saturated heterocycles. The van der Waals surface area contributed by atoms with Crippen LogP contribution in [0.1, 0.15) is 53.5 Å². The van der Waals surface area contributed by atoms with Gasteiger partial charge in [0.05, 0.1) is 17.9 Å². The summed E-state index contributed by atoms with van der Waals surface area (Å²) in [5.74, 6) is -3.71. The number of carbonyl (C=O) groups excluding carboxylic acids is 1. The number of aromatic nitrogens is 4. The van der Waals surface area contributed by atoms with Crippen molar-refractivity contribution in [3.8, 4) is 11.6 Å². The van der Waals surface area contributed by atoms with Crippen molar-refractivity contribution in [1.29, 1.82) is 0 Å². The van der Waals surface area contributed by atoms with Crippen LogP contribution in [-0.2, 0) is 12.8 Å². The molecule has 210 valence electrons. The number of halogens is 5. The standard InChI is InChI=1S/C27H24F5N5O3/c28-20-8-16(9-21(29)25(20)38)26(39)34-11-15-4-6-19(7-5-15)37-13-17-10-24(33-12-22(17)36-37)40-14-18-2-1-3-23(35-18)27(30,31)32/h1-3,8-10,12-13,15,19,38H,4-7,11,14H2,(H,34,39). The molecule has 0 spiro atoms. The second kappa shape index (κ2) is 11.1. The molecule has 8 nitrogen and oxygen atoms in total. The van der Waals surface area contributed by atoms with Gasteiger partial charge in [-0.25, -0.2) is 18.7 Å². The van der Waals surface area contributed by atoms with Crippen molar-refractivity contribution in [2.75, 3.05) is 6.54 Å². The lowest BCUT2D eigenvalue weighted by molar-refractivity contribution is -0.141. The summed E-state index contributed by atoms with van der Waals surface area (Å²) in [5.41, 5.74) is -0.415. The molecule has 1 aliphatic rings. The number of rotatable bonds is 7. The van der Waals surface area contributed by atoms with E-state index in [0.717, 1.165) is 49.3 Å². The second-order valence-corrected chi connectivity index (χ2v) is 9.66. The summed E-state index contributed by atoms with van der Waals surface area (Å²) >= 11 is 0. The number of hydrogen-bond acceptors (Lipinski definition) is 6. The number of carbonyl (C=O) groups is 1. The fourth-order valence-corrected chi connectivity index (χ4v) is 4.71. The maximum Gasteiger partial charge on any atom is 0.433 e. The van der Waals surface area contributed by atoms with Crippen LogP contribution in [0.2, 0.25) is 0 Å². The summed E-state index contributed by atoms with van der Waals surface area (Å²) in [6.07, 6.45) is 2.07. The van der Waals surface area contributed by atoms with Crippen LogP contribution in [0.15, 0.2) is 48.8 Å². The van der Waals surface area contributed by atoms with E-state index in [0.29, 0.717) is 12.1 Å². The Hall–Kier alpha value is -4.29. The largest absolute Gasteiger partial charge is 0.503 e. The van der Waals surface area contributed by atoms with Gasteiger partial charge in [-0.3, -0.25) is 9.48 Å². The molecule has 1 saturated carbocycles. The summed E-state index contributed by atoms with van der Waals surface area (Å²) in [5, 5.41) is 17.3. The smallest absolute Gasteiger partial charge is 0.433 e. The number of fused-ring (bicyclic) bond motifs is 1. The van der Waals surface area contributed by atoms with Crippen molar-refractivity contribution in [1.82, 2.24) is 25.1 Å². The Kier molecular flexibility index (Phi) is 7.55. The molecule has 1 fully saturated rings. The number of phenols is 1. The summed E-state index contributed by atoms with van der Waals surface area (Å²) in [7, 11) is 0. The van der Waals surface area contributed by atoms with Gasteiger partial charge < -0.3 is 15.2 Å². The molecule has 1 aliphatic carbocycles. The minimum atomic E-state index is -4.54. The summed E-state index contributed by atoms with van der Waals surface area (Å²) in [6, 6.07) is 6.99. The fourth-order valence-electron chi connectivity index (χ4n) is 4.71. The molecule has 4 aromatic rings. The highest BCUT2D eigenvalue weighted by molar-refractivity contribution is 5.94. The average molecular weight is 562 g/mol. The van der Waals surface area contributed by atoms with E-state index < -0.39 is 35.2 Å². The topological polar surface area (TPSA) is 102 Å². The Morgan fingerprint density at radius 2 is 1.82 bits per heavy atom. The molecule has 1 aromatic carbocycles. The van der Waals surface area contributed by atoms with E-state index in [1.54, 1.807) is 6.07 Å². The Morgan fingerprint density at radius 1 is 1.10 bits per heavy atom. The third kappa shape index (κ3) is 6.13. The van der Waals surface area contributed by atoms with Gasteiger partial charge in [-0.2, -0.15) is 18.3 Å². The van der Waals surface area contributed by atoms with E-state index in [9.17, 15) is 31.9 Å². The summed E-state index contributed by atoms with van der Waals surface area (Å²) in [6.45, 7) is 0.176. The number of aromatic hydroxyl groups is 1. The normalized spacial score (nSPS) is 17.6. The molecule has 3 heterocycles. The minimum Gasteiger partial charge on any atom is -0.503 e. The maximum atomic E-state index is 13.5. The second-order valence-electron chi connectivity index (χ2n) is 9.66. The van der Waals surface area contributed by atoms with E-state index in [1.165, 1.54) is 18.3 Å². The van der Waals surface area contributed by atoms with Gasteiger partial charge in [0.25, 0.3) is 5.91 Å². The molecule has 0 bridgehead atoms. The third-order valence-electron chi connectivity index (χ3n) is 6.87. The van der Waals surface area contributed by atoms with Crippen molar-refractivity contribution in [3.05, 3.63) is 77.4 Å². The van der Waals surface area contributed by atoms with Crippen molar-refractivity contribution in [2.24, 2.45) is 5.92 Å². The molecule has 0 atom stereocenters. The predicted molar refractivity (Wildman–Crippen MR) is 132 cm³/mol. The lowest BCUT2D eigenvalue weighted by atomic mass is 9.86. The van der Waals surface area contributed by atoms with Gasteiger partial charge in [0.2, 0.25) is 5.88 Å². The molecule has 40 heavy (non-hydrogen) atoms. The first-order valence-electron chi connectivity index (χ1n) is 12.5. The van der Waals surface area contributed by atoms with Gasteiger partial charge in [0.15, 0.2) is 17.4 Å². The molecule has 1 amide bonds. The molecule has 2 N–H and O–H groups in total. The van der Waals surface area contributed by atoms with E-state index in [-0.39, 0.29) is 35.7 Å². The van der Waals surface area contributed by atoms with Crippen molar-refractivity contribution < 1.29 is 36.6 Å². The fraction of sp³-hybridized carbons (Fsp3) is 0.333. The van der Waals surface area contributed by atoms with Gasteiger partial charge in [-0.05, 0) is 55.9 Å². The first-order valence-corrected chi connectivity index (χ1v) is 12.5. The Labute approximate surface area is 224 Å². The zero-order valence-electron chi connectivity index (χ0n) is 21.0. The molecule has 0 aliphatic heterocycles. The van der Waals surface area contributed by atoms with Gasteiger partial charge in [-0.15, -0.1) is 0 Å². The monoisotopic (exact) mass is 561 g/mol. The quantitative estimate of drug-likeness (QED) is 0.286. The average Bonchev–Trinajstić information content (AvgIpc) is 3.37. The number of amides is 1. The van der Waals surface area contributed by atoms with Crippen LogP contribution < -0.4 is 10.1 Å². The van der Waals surface area contributed by atoms with Crippen LogP contribution in [0.25, 0.3) is 10.9 Å². The highest BCUT2D eigenvalue weighted by Gasteiger charge is 2.32. The predicted octanol–water partition coefficient (Wildman–Crippen LogP) is 5.57. The number of alkyl halides is 3. The molecule has 0 unspecified atom stereocenters. The molecule has 13 heteroatoms. The van der Waals surface area contributed by atoms with Gasteiger partial charge in [-0.1, -0.05) is 6.07 Å². The first kappa shape index (κ1) is 27.3. The lowest BCUT2D eigenvalue weighted by Crippen LogP contribution is -2.31. The Morgan fingerprint density at radius 3 is 2.52 bits per heavy atom. The van der Waals surface area contributed by atoms with Crippen LogP contribution in [0.4, 0.5) is 22.0 Å². The number of nitrogens with zero attached hydrogens (tertiary/aromatic N) is 4. The molecule has 0 radical (unpaired) electrons. The molecular weight excluding hydrogens is 537 g/mol. The highest BCUT2D eigenvalue weighted by atomic mass is 19.4. The van der Waals surface area contributed by atoms with E-state index in [2.05, 4.69) is 20.4 Å². The number of hydrogen-bond donors (Lipinski definition) is 2. The van der Waals surface area contributed by atoms with Gasteiger partial charge in [0.1, 0.15) is 17.8 Å².